The minimum absolute atomic E-state index is 0.183. The Morgan fingerprint density at radius 3 is 2.89 bits per heavy atom. The molecule has 1 atom stereocenters. The number of rotatable bonds is 3. The normalized spacial score (nSPS) is 28.3. The van der Waals surface area contributed by atoms with Crippen molar-refractivity contribution in [3.63, 3.8) is 0 Å². The molecule has 2 heterocycles. The molecule has 4 heteroatoms. The average Bonchev–Trinajstić information content (AvgIpc) is 2.92. The van der Waals surface area contributed by atoms with Gasteiger partial charge in [0.25, 0.3) is 0 Å². The molecule has 0 bridgehead atoms. The van der Waals surface area contributed by atoms with Crippen LogP contribution in [0.25, 0.3) is 0 Å². The molecular formula is C14H17N3O. The molecule has 1 aromatic heterocycles. The summed E-state index contributed by atoms with van der Waals surface area (Å²) < 4.78 is 33.4. The fourth-order valence-corrected chi connectivity index (χ4v) is 1.89. The predicted molar refractivity (Wildman–Crippen MR) is 70.6 cm³/mol. The summed E-state index contributed by atoms with van der Waals surface area (Å²) in [6.07, 6.45) is 0.00634. The summed E-state index contributed by atoms with van der Waals surface area (Å²) in [5, 5.41) is 14.0. The second kappa shape index (κ2) is 4.82. The Morgan fingerprint density at radius 2 is 2.17 bits per heavy atom. The zero-order valence-corrected chi connectivity index (χ0v) is 9.82. The van der Waals surface area contributed by atoms with Crippen LogP contribution in [0.5, 0.6) is 0 Å². The minimum atomic E-state index is -2.19. The summed E-state index contributed by atoms with van der Waals surface area (Å²) in [4.78, 5) is 0.923. The van der Waals surface area contributed by atoms with Gasteiger partial charge in [-0.05, 0) is 12.0 Å². The van der Waals surface area contributed by atoms with Gasteiger partial charge in [-0.3, -0.25) is 4.68 Å². The van der Waals surface area contributed by atoms with Crippen molar-refractivity contribution in [2.24, 2.45) is 0 Å². The van der Waals surface area contributed by atoms with Crippen molar-refractivity contribution >= 4 is 5.82 Å². The Hall–Kier alpha value is -1.81. The topological polar surface area (TPSA) is 41.3 Å². The molecule has 18 heavy (non-hydrogen) atoms. The highest BCUT2D eigenvalue weighted by Gasteiger charge is 2.21. The van der Waals surface area contributed by atoms with Crippen LogP contribution in [0.1, 0.15) is 17.5 Å². The number of aliphatic hydroxyl groups is 1. The van der Waals surface area contributed by atoms with Crippen molar-refractivity contribution in [3.05, 3.63) is 48.2 Å². The largest absolute Gasteiger partial charge is 0.391 e. The Balaban J connectivity index is 1.87. The van der Waals surface area contributed by atoms with Gasteiger partial charge in [0.2, 0.25) is 0 Å². The maximum absolute atomic E-state index is 9.78. The highest BCUT2D eigenvalue weighted by molar-refractivity contribution is 5.38. The average molecular weight is 247 g/mol. The lowest BCUT2D eigenvalue weighted by Gasteiger charge is -2.13. The molecule has 0 spiro atoms. The number of hydrogen-bond acceptors (Lipinski definition) is 3. The Morgan fingerprint density at radius 1 is 1.33 bits per heavy atom. The number of aromatic nitrogens is 2. The molecule has 2 aromatic rings. The van der Waals surface area contributed by atoms with E-state index in [1.807, 2.05) is 30.3 Å². The summed E-state index contributed by atoms with van der Waals surface area (Å²) in [6.45, 7) is -3.65. The first kappa shape index (κ1) is 7.59. The van der Waals surface area contributed by atoms with E-state index in [0.29, 0.717) is 6.54 Å². The molecule has 0 amide bonds. The molecule has 0 aliphatic carbocycles. The molecular weight excluding hydrogens is 226 g/mol. The monoisotopic (exact) mass is 247 g/mol. The third-order valence-corrected chi connectivity index (χ3v) is 2.76. The Bertz CT molecular complexity index is 659. The maximum atomic E-state index is 9.78. The highest BCUT2D eigenvalue weighted by atomic mass is 16.3. The molecule has 1 saturated heterocycles. The van der Waals surface area contributed by atoms with Gasteiger partial charge in [-0.25, -0.2) is 0 Å². The molecule has 3 rings (SSSR count). The minimum Gasteiger partial charge on any atom is -0.391 e. The molecule has 1 aliphatic heterocycles. The van der Waals surface area contributed by atoms with E-state index in [2.05, 4.69) is 5.10 Å². The van der Waals surface area contributed by atoms with Gasteiger partial charge in [-0.1, -0.05) is 30.3 Å². The predicted octanol–water partition coefficient (Wildman–Crippen LogP) is 1.50. The smallest absolute Gasteiger partial charge is 0.150 e. The lowest BCUT2D eigenvalue weighted by molar-refractivity contribution is 0.198. The first-order valence-corrected chi connectivity index (χ1v) is 5.86. The lowest BCUT2D eigenvalue weighted by atomic mass is 10.2. The summed E-state index contributed by atoms with van der Waals surface area (Å²) in [6, 6.07) is 11.3. The van der Waals surface area contributed by atoms with Crippen LogP contribution in [0.15, 0.2) is 42.6 Å². The fourth-order valence-electron chi connectivity index (χ4n) is 1.89. The zero-order chi connectivity index (χ0) is 16.0. The molecule has 1 aromatic carbocycles. The SMILES string of the molecule is [2H]C1([2H])C[C@H](O)C([2H])([2H])N1c1ccn(Cc2ccccc2)n1. The first-order chi connectivity index (χ1) is 10.3. The zero-order valence-electron chi connectivity index (χ0n) is 13.8. The Labute approximate surface area is 112 Å². The van der Waals surface area contributed by atoms with Crippen molar-refractivity contribution in [3.8, 4) is 0 Å². The van der Waals surface area contributed by atoms with Gasteiger partial charge in [0.05, 0.1) is 15.4 Å². The first-order valence-electron chi connectivity index (χ1n) is 7.86. The third kappa shape index (κ3) is 2.38. The van der Waals surface area contributed by atoms with Gasteiger partial charge in [0.15, 0.2) is 5.82 Å². The van der Waals surface area contributed by atoms with Crippen LogP contribution < -0.4 is 4.90 Å². The second-order valence-electron chi connectivity index (χ2n) is 4.20. The van der Waals surface area contributed by atoms with Gasteiger partial charge in [0.1, 0.15) is 0 Å². The number of β-amino-alcohol motifs (C(OH)–C–C–N with tert-alkyl or cyclic N) is 1. The molecule has 1 fully saturated rings. The molecule has 94 valence electrons. The van der Waals surface area contributed by atoms with Crippen molar-refractivity contribution < 1.29 is 10.6 Å². The van der Waals surface area contributed by atoms with E-state index in [1.165, 1.54) is 0 Å². The fraction of sp³-hybridized carbons (Fsp3) is 0.357. The van der Waals surface area contributed by atoms with Crippen LogP contribution in [0.4, 0.5) is 5.82 Å². The van der Waals surface area contributed by atoms with Crippen LogP contribution in [-0.4, -0.2) is 34.0 Å². The van der Waals surface area contributed by atoms with E-state index in [9.17, 15) is 5.11 Å². The number of hydrogen-bond donors (Lipinski definition) is 1. The summed E-state index contributed by atoms with van der Waals surface area (Å²) in [7, 11) is 0. The molecule has 1 N–H and O–H groups in total. The van der Waals surface area contributed by atoms with E-state index in [-0.39, 0.29) is 12.2 Å². The van der Waals surface area contributed by atoms with Crippen LogP contribution in [0, 0.1) is 0 Å². The lowest BCUT2D eigenvalue weighted by Crippen LogP contribution is -2.21. The van der Waals surface area contributed by atoms with Crippen molar-refractivity contribution in [2.75, 3.05) is 17.9 Å². The van der Waals surface area contributed by atoms with Gasteiger partial charge in [0, 0.05) is 28.0 Å². The number of anilines is 1. The van der Waals surface area contributed by atoms with Crippen molar-refractivity contribution in [2.45, 2.75) is 19.1 Å². The summed E-state index contributed by atoms with van der Waals surface area (Å²) >= 11 is 0. The number of aliphatic hydroxyl groups excluding tert-OH is 1. The van der Waals surface area contributed by atoms with Gasteiger partial charge in [-0.15, -0.1) is 0 Å². The highest BCUT2D eigenvalue weighted by Crippen LogP contribution is 2.18. The maximum Gasteiger partial charge on any atom is 0.150 e. The van der Waals surface area contributed by atoms with Crippen molar-refractivity contribution in [1.82, 2.24) is 9.78 Å². The third-order valence-electron chi connectivity index (χ3n) is 2.76. The quantitative estimate of drug-likeness (QED) is 0.893. The molecule has 1 aliphatic rings. The Kier molecular flexibility index (Phi) is 2.03. The number of benzene rings is 1. The van der Waals surface area contributed by atoms with Crippen LogP contribution in [0.3, 0.4) is 0 Å². The van der Waals surface area contributed by atoms with Gasteiger partial charge >= 0.3 is 0 Å². The van der Waals surface area contributed by atoms with E-state index in [1.54, 1.807) is 16.9 Å². The molecule has 0 unspecified atom stereocenters. The van der Waals surface area contributed by atoms with Crippen LogP contribution >= 0.6 is 0 Å². The molecule has 4 nitrogen and oxygen atoms in total. The standard InChI is InChI=1S/C14H17N3O/c18-13-6-8-16(11-13)14-7-9-17(15-14)10-12-4-2-1-3-5-12/h1-5,7,9,13,18H,6,8,10-11H2/t13-/m0/s1/i8D2,11D2. The van der Waals surface area contributed by atoms with Crippen molar-refractivity contribution in [1.29, 1.82) is 0 Å². The van der Waals surface area contributed by atoms with E-state index >= 15 is 0 Å². The van der Waals surface area contributed by atoms with Gasteiger partial charge in [-0.2, -0.15) is 5.10 Å². The van der Waals surface area contributed by atoms with E-state index in [0.717, 1.165) is 10.5 Å². The summed E-state index contributed by atoms with van der Waals surface area (Å²) in [5.74, 6) is 0.183. The number of nitrogens with zero attached hydrogens (tertiary/aromatic N) is 3. The van der Waals surface area contributed by atoms with Gasteiger partial charge < -0.3 is 10.0 Å². The van der Waals surface area contributed by atoms with Crippen LogP contribution in [0.2, 0.25) is 0 Å². The summed E-state index contributed by atoms with van der Waals surface area (Å²) in [5.41, 5.74) is 1.05. The molecule has 0 saturated carbocycles. The second-order valence-corrected chi connectivity index (χ2v) is 4.20. The molecule has 0 radical (unpaired) electrons. The van der Waals surface area contributed by atoms with E-state index < -0.39 is 19.1 Å². The van der Waals surface area contributed by atoms with Crippen LogP contribution in [-0.2, 0) is 6.54 Å². The van der Waals surface area contributed by atoms with E-state index in [4.69, 9.17) is 5.48 Å².